The van der Waals surface area contributed by atoms with Gasteiger partial charge in [0.05, 0.1) is 18.1 Å². The molecule has 3 rings (SSSR count). The highest BCUT2D eigenvalue weighted by Gasteiger charge is 2.36. The molecule has 0 aromatic heterocycles. The maximum Gasteiger partial charge on any atom is 0.338 e. The fourth-order valence-corrected chi connectivity index (χ4v) is 3.36. The van der Waals surface area contributed by atoms with Gasteiger partial charge in [-0.15, -0.1) is 0 Å². The Labute approximate surface area is 190 Å². The minimum atomic E-state index is -0.664. The Morgan fingerprint density at radius 1 is 1.12 bits per heavy atom. The number of hydrogen-bond donors (Lipinski definition) is 1. The summed E-state index contributed by atoms with van der Waals surface area (Å²) in [7, 11) is 0. The van der Waals surface area contributed by atoms with Crippen LogP contribution >= 0.6 is 11.6 Å². The van der Waals surface area contributed by atoms with Crippen LogP contribution < -0.4 is 10.2 Å². The van der Waals surface area contributed by atoms with E-state index in [4.69, 9.17) is 21.1 Å². The second-order valence-corrected chi connectivity index (χ2v) is 7.69. The number of carbonyl (C=O) groups is 4. The topological polar surface area (TPSA) is 102 Å². The lowest BCUT2D eigenvalue weighted by Gasteiger charge is -2.16. The number of nitrogens with one attached hydrogen (secondary N) is 1. The van der Waals surface area contributed by atoms with E-state index in [-0.39, 0.29) is 18.9 Å². The SMILES string of the molecule is CCCOC(=O)c1ccc(NC(=O)COC(=O)[C@@H]2CC(=O)N(c3cccc(Cl)c3)C2)cc1. The first-order valence-electron chi connectivity index (χ1n) is 10.2. The van der Waals surface area contributed by atoms with Crippen LogP contribution in [0.5, 0.6) is 0 Å². The summed E-state index contributed by atoms with van der Waals surface area (Å²) in [5.74, 6) is -2.46. The summed E-state index contributed by atoms with van der Waals surface area (Å²) in [5.41, 5.74) is 1.43. The zero-order valence-electron chi connectivity index (χ0n) is 17.5. The Hall–Kier alpha value is -3.39. The number of hydrogen-bond acceptors (Lipinski definition) is 6. The average molecular weight is 459 g/mol. The molecule has 9 heteroatoms. The van der Waals surface area contributed by atoms with Gasteiger partial charge in [0.2, 0.25) is 5.91 Å². The van der Waals surface area contributed by atoms with E-state index in [2.05, 4.69) is 5.32 Å². The number of carbonyl (C=O) groups excluding carboxylic acids is 4. The average Bonchev–Trinajstić information content (AvgIpc) is 3.18. The first kappa shape index (κ1) is 23.3. The third kappa shape index (κ3) is 6.07. The molecular formula is C23H23ClN2O6. The molecule has 0 aliphatic carbocycles. The molecule has 1 fully saturated rings. The van der Waals surface area contributed by atoms with Crippen molar-refractivity contribution in [3.05, 3.63) is 59.1 Å². The normalized spacial score (nSPS) is 15.4. The van der Waals surface area contributed by atoms with E-state index in [1.165, 1.54) is 17.0 Å². The Morgan fingerprint density at radius 2 is 1.88 bits per heavy atom. The van der Waals surface area contributed by atoms with E-state index in [1.807, 2.05) is 6.92 Å². The van der Waals surface area contributed by atoms with Crippen molar-refractivity contribution in [2.75, 3.05) is 30.0 Å². The number of ether oxygens (including phenoxy) is 2. The molecule has 1 saturated heterocycles. The molecule has 1 atom stereocenters. The Morgan fingerprint density at radius 3 is 2.56 bits per heavy atom. The van der Waals surface area contributed by atoms with Gasteiger partial charge in [0.15, 0.2) is 6.61 Å². The summed E-state index contributed by atoms with van der Waals surface area (Å²) < 4.78 is 10.1. The highest BCUT2D eigenvalue weighted by atomic mass is 35.5. The van der Waals surface area contributed by atoms with Gasteiger partial charge in [-0.2, -0.15) is 0 Å². The monoisotopic (exact) mass is 458 g/mol. The fourth-order valence-electron chi connectivity index (χ4n) is 3.18. The first-order chi connectivity index (χ1) is 15.4. The molecule has 0 bridgehead atoms. The minimum Gasteiger partial charge on any atom is -0.462 e. The molecule has 1 heterocycles. The molecule has 0 spiro atoms. The minimum absolute atomic E-state index is 0.00254. The molecule has 32 heavy (non-hydrogen) atoms. The van der Waals surface area contributed by atoms with E-state index in [0.717, 1.165) is 6.42 Å². The molecule has 1 N–H and O–H groups in total. The van der Waals surface area contributed by atoms with Gasteiger partial charge < -0.3 is 19.7 Å². The van der Waals surface area contributed by atoms with Crippen LogP contribution in [-0.2, 0) is 23.9 Å². The van der Waals surface area contributed by atoms with E-state index >= 15 is 0 Å². The Balaban J connectivity index is 1.47. The molecule has 0 saturated carbocycles. The maximum atomic E-state index is 12.3. The summed E-state index contributed by atoms with van der Waals surface area (Å²) in [6, 6.07) is 13.0. The van der Waals surface area contributed by atoms with Crippen molar-refractivity contribution in [2.45, 2.75) is 19.8 Å². The van der Waals surface area contributed by atoms with Crippen LogP contribution in [0.4, 0.5) is 11.4 Å². The number of benzene rings is 2. The largest absolute Gasteiger partial charge is 0.462 e. The van der Waals surface area contributed by atoms with Gasteiger partial charge in [0.25, 0.3) is 5.91 Å². The van der Waals surface area contributed by atoms with Gasteiger partial charge in [-0.25, -0.2) is 4.79 Å². The predicted octanol–water partition coefficient (Wildman–Crippen LogP) is 3.44. The third-order valence-electron chi connectivity index (χ3n) is 4.77. The van der Waals surface area contributed by atoms with Gasteiger partial charge >= 0.3 is 11.9 Å². The summed E-state index contributed by atoms with van der Waals surface area (Å²) >= 11 is 5.97. The first-order valence-corrected chi connectivity index (χ1v) is 10.5. The van der Waals surface area contributed by atoms with Gasteiger partial charge in [-0.1, -0.05) is 24.6 Å². The van der Waals surface area contributed by atoms with E-state index in [9.17, 15) is 19.2 Å². The predicted molar refractivity (Wildman–Crippen MR) is 119 cm³/mol. The molecule has 2 aromatic rings. The number of rotatable bonds is 8. The molecule has 1 aliphatic rings. The molecule has 2 aromatic carbocycles. The molecular weight excluding hydrogens is 436 g/mol. The fraction of sp³-hybridized carbons (Fsp3) is 0.304. The second-order valence-electron chi connectivity index (χ2n) is 7.25. The lowest BCUT2D eigenvalue weighted by atomic mass is 10.1. The van der Waals surface area contributed by atoms with Gasteiger partial charge in [0, 0.05) is 29.4 Å². The molecule has 8 nitrogen and oxygen atoms in total. The highest BCUT2D eigenvalue weighted by molar-refractivity contribution is 6.31. The Kier molecular flexibility index (Phi) is 7.83. The van der Waals surface area contributed by atoms with Crippen LogP contribution in [0.15, 0.2) is 48.5 Å². The summed E-state index contributed by atoms with van der Waals surface area (Å²) in [5, 5.41) is 3.08. The Bertz CT molecular complexity index is 1010. The van der Waals surface area contributed by atoms with Crippen molar-refractivity contribution in [2.24, 2.45) is 5.92 Å². The van der Waals surface area contributed by atoms with E-state index in [1.54, 1.807) is 36.4 Å². The number of anilines is 2. The zero-order chi connectivity index (χ0) is 23.1. The number of amides is 2. The summed E-state index contributed by atoms with van der Waals surface area (Å²) in [4.78, 5) is 50.0. The standard InChI is InChI=1S/C23H23ClN2O6/c1-2-10-31-22(29)15-6-8-18(9-7-15)25-20(27)14-32-23(30)16-11-21(28)26(13-16)19-5-3-4-17(24)12-19/h3-9,12,16H,2,10-11,13-14H2,1H3,(H,25,27)/t16-/m1/s1. The van der Waals surface area contributed by atoms with Crippen LogP contribution in [0.25, 0.3) is 0 Å². The van der Waals surface area contributed by atoms with Crippen LogP contribution in [0, 0.1) is 5.92 Å². The van der Waals surface area contributed by atoms with Gasteiger partial charge in [-0.05, 0) is 48.9 Å². The van der Waals surface area contributed by atoms with Crippen molar-refractivity contribution in [3.63, 3.8) is 0 Å². The summed E-state index contributed by atoms with van der Waals surface area (Å²) in [6.45, 7) is 1.92. The molecule has 1 aliphatic heterocycles. The smallest absolute Gasteiger partial charge is 0.338 e. The molecule has 2 amide bonds. The summed E-state index contributed by atoms with van der Waals surface area (Å²) in [6.07, 6.45) is 0.731. The van der Waals surface area contributed by atoms with Crippen molar-refractivity contribution >= 4 is 46.7 Å². The van der Waals surface area contributed by atoms with Crippen molar-refractivity contribution in [1.82, 2.24) is 0 Å². The second kappa shape index (κ2) is 10.8. The molecule has 168 valence electrons. The van der Waals surface area contributed by atoms with Crippen molar-refractivity contribution in [1.29, 1.82) is 0 Å². The van der Waals surface area contributed by atoms with Crippen LogP contribution in [-0.4, -0.2) is 43.5 Å². The van der Waals surface area contributed by atoms with E-state index in [0.29, 0.717) is 28.6 Å². The van der Waals surface area contributed by atoms with Crippen LogP contribution in [0.1, 0.15) is 30.1 Å². The van der Waals surface area contributed by atoms with Crippen LogP contribution in [0.2, 0.25) is 5.02 Å². The lowest BCUT2D eigenvalue weighted by Crippen LogP contribution is -2.28. The number of nitrogens with zero attached hydrogens (tertiary/aromatic N) is 1. The molecule has 0 unspecified atom stereocenters. The third-order valence-corrected chi connectivity index (χ3v) is 5.00. The van der Waals surface area contributed by atoms with Crippen molar-refractivity contribution < 1.29 is 28.7 Å². The maximum absolute atomic E-state index is 12.3. The molecule has 0 radical (unpaired) electrons. The van der Waals surface area contributed by atoms with Gasteiger partial charge in [-0.3, -0.25) is 14.4 Å². The van der Waals surface area contributed by atoms with E-state index < -0.39 is 30.4 Å². The number of halogens is 1. The van der Waals surface area contributed by atoms with Crippen LogP contribution in [0.3, 0.4) is 0 Å². The number of esters is 2. The lowest BCUT2D eigenvalue weighted by molar-refractivity contribution is -0.151. The highest BCUT2D eigenvalue weighted by Crippen LogP contribution is 2.27. The van der Waals surface area contributed by atoms with Gasteiger partial charge in [0.1, 0.15) is 0 Å². The quantitative estimate of drug-likeness (QED) is 0.608. The van der Waals surface area contributed by atoms with Crippen molar-refractivity contribution in [3.8, 4) is 0 Å². The zero-order valence-corrected chi connectivity index (χ0v) is 18.3.